The van der Waals surface area contributed by atoms with Crippen molar-refractivity contribution in [2.24, 2.45) is 5.73 Å². The van der Waals surface area contributed by atoms with E-state index in [1.54, 1.807) is 22.7 Å². The lowest BCUT2D eigenvalue weighted by Crippen LogP contribution is -1.90. The molecule has 0 fully saturated rings. The number of hydrogen-bond donors (Lipinski definition) is 1. The van der Waals surface area contributed by atoms with Gasteiger partial charge in [0.15, 0.2) is 0 Å². The minimum Gasteiger partial charge on any atom is -0.326 e. The molecule has 2 N–H and O–H groups in total. The van der Waals surface area contributed by atoms with E-state index in [9.17, 15) is 0 Å². The Morgan fingerprint density at radius 2 is 2.18 bits per heavy atom. The van der Waals surface area contributed by atoms with Crippen molar-refractivity contribution in [3.8, 4) is 0 Å². The van der Waals surface area contributed by atoms with Gasteiger partial charge in [-0.1, -0.05) is 0 Å². The Bertz CT molecular complexity index is 310. The predicted molar refractivity (Wildman–Crippen MR) is 54.8 cm³/mol. The number of hydrogen-bond acceptors (Lipinski definition) is 3. The summed E-state index contributed by atoms with van der Waals surface area (Å²) in [6, 6.07) is 4.31. The van der Waals surface area contributed by atoms with Crippen LogP contribution < -0.4 is 5.73 Å². The summed E-state index contributed by atoms with van der Waals surface area (Å²) in [6.07, 6.45) is 0. The first-order valence-electron chi connectivity index (χ1n) is 3.06. The minimum absolute atomic E-state index is 0. The normalized spacial score (nSPS) is 9.91. The minimum atomic E-state index is 0. The van der Waals surface area contributed by atoms with Crippen molar-refractivity contribution in [1.29, 1.82) is 0 Å². The maximum Gasteiger partial charge on any atom is 0.0453 e. The van der Waals surface area contributed by atoms with Gasteiger partial charge in [-0.2, -0.15) is 0 Å². The van der Waals surface area contributed by atoms with Gasteiger partial charge in [0, 0.05) is 20.8 Å². The van der Waals surface area contributed by atoms with E-state index in [1.165, 1.54) is 14.3 Å². The second kappa shape index (κ2) is 3.54. The molecule has 2 aromatic rings. The van der Waals surface area contributed by atoms with Crippen LogP contribution in [0.5, 0.6) is 0 Å². The number of thiophene rings is 2. The summed E-state index contributed by atoms with van der Waals surface area (Å²) in [5.74, 6) is 0. The van der Waals surface area contributed by atoms with Gasteiger partial charge >= 0.3 is 0 Å². The molecule has 0 aliphatic rings. The highest BCUT2D eigenvalue weighted by atomic mass is 35.5. The van der Waals surface area contributed by atoms with Gasteiger partial charge < -0.3 is 5.73 Å². The zero-order valence-electron chi connectivity index (χ0n) is 5.74. The summed E-state index contributed by atoms with van der Waals surface area (Å²) in [6.45, 7) is 0.673. The van der Waals surface area contributed by atoms with Gasteiger partial charge in [-0.05, 0) is 17.5 Å². The van der Waals surface area contributed by atoms with Gasteiger partial charge in [-0.3, -0.25) is 0 Å². The molecule has 11 heavy (non-hydrogen) atoms. The van der Waals surface area contributed by atoms with Crippen molar-refractivity contribution in [3.63, 3.8) is 0 Å². The van der Waals surface area contributed by atoms with Gasteiger partial charge in [-0.25, -0.2) is 0 Å². The number of halogens is 1. The van der Waals surface area contributed by atoms with Crippen LogP contribution in [0.2, 0.25) is 0 Å². The van der Waals surface area contributed by atoms with Crippen molar-refractivity contribution in [2.45, 2.75) is 6.54 Å². The molecule has 4 heteroatoms. The summed E-state index contributed by atoms with van der Waals surface area (Å²) in [5.41, 5.74) is 5.49. The van der Waals surface area contributed by atoms with Crippen LogP contribution in [0.25, 0.3) is 9.40 Å². The third kappa shape index (κ3) is 1.56. The van der Waals surface area contributed by atoms with Crippen LogP contribution in [-0.4, -0.2) is 0 Å². The largest absolute Gasteiger partial charge is 0.326 e. The molecule has 0 saturated heterocycles. The zero-order chi connectivity index (χ0) is 6.97. The number of rotatable bonds is 1. The Kier molecular flexibility index (Phi) is 2.90. The van der Waals surface area contributed by atoms with Crippen LogP contribution >= 0.6 is 35.1 Å². The Morgan fingerprint density at radius 3 is 2.82 bits per heavy atom. The average molecular weight is 206 g/mol. The van der Waals surface area contributed by atoms with E-state index in [4.69, 9.17) is 5.73 Å². The maximum absolute atomic E-state index is 5.49. The molecule has 0 unspecified atom stereocenters. The first-order chi connectivity index (χ1) is 4.90. The highest BCUT2D eigenvalue weighted by molar-refractivity contribution is 7.26. The summed E-state index contributed by atoms with van der Waals surface area (Å²) in [5, 5.41) is 2.11. The van der Waals surface area contributed by atoms with E-state index in [1.807, 2.05) is 0 Å². The fraction of sp³-hybridized carbons (Fsp3) is 0.143. The fourth-order valence-electron chi connectivity index (χ4n) is 0.916. The Morgan fingerprint density at radius 1 is 1.36 bits per heavy atom. The van der Waals surface area contributed by atoms with E-state index < -0.39 is 0 Å². The molecule has 0 bridgehead atoms. The molecule has 0 radical (unpaired) electrons. The van der Waals surface area contributed by atoms with Crippen molar-refractivity contribution in [3.05, 3.63) is 22.4 Å². The molecular formula is C7H8ClNS2. The van der Waals surface area contributed by atoms with Crippen molar-refractivity contribution in [2.75, 3.05) is 0 Å². The van der Waals surface area contributed by atoms with Crippen LogP contribution in [0.1, 0.15) is 4.88 Å². The SMILES string of the molecule is Cl.NCc1cc2sccc2s1. The Labute approximate surface area is 79.3 Å². The molecule has 0 aromatic carbocycles. The molecule has 2 aromatic heterocycles. The second-order valence-electron chi connectivity index (χ2n) is 2.07. The quantitative estimate of drug-likeness (QED) is 0.762. The van der Waals surface area contributed by atoms with Gasteiger partial charge in [0.1, 0.15) is 0 Å². The van der Waals surface area contributed by atoms with Crippen molar-refractivity contribution < 1.29 is 0 Å². The fourth-order valence-corrected chi connectivity index (χ4v) is 2.93. The van der Waals surface area contributed by atoms with Crippen LogP contribution in [-0.2, 0) is 6.54 Å². The van der Waals surface area contributed by atoms with Crippen molar-refractivity contribution in [1.82, 2.24) is 0 Å². The van der Waals surface area contributed by atoms with E-state index in [0.29, 0.717) is 6.54 Å². The third-order valence-corrected chi connectivity index (χ3v) is 3.51. The van der Waals surface area contributed by atoms with Crippen molar-refractivity contribution >= 4 is 44.5 Å². The first-order valence-corrected chi connectivity index (χ1v) is 4.76. The average Bonchev–Trinajstić information content (AvgIpc) is 2.42. The van der Waals surface area contributed by atoms with Gasteiger partial charge in [0.2, 0.25) is 0 Å². The first kappa shape index (κ1) is 9.00. The highest BCUT2D eigenvalue weighted by Gasteiger charge is 1.99. The van der Waals surface area contributed by atoms with E-state index in [2.05, 4.69) is 17.5 Å². The second-order valence-corrected chi connectivity index (χ2v) is 4.18. The molecule has 0 saturated carbocycles. The Balaban J connectivity index is 0.000000605. The van der Waals surface area contributed by atoms with Crippen LogP contribution in [0, 0.1) is 0 Å². The summed E-state index contributed by atoms with van der Waals surface area (Å²) in [7, 11) is 0. The molecule has 0 aliphatic heterocycles. The topological polar surface area (TPSA) is 26.0 Å². The Hall–Kier alpha value is -0.0900. The van der Waals surface area contributed by atoms with Crippen LogP contribution in [0.3, 0.4) is 0 Å². The number of nitrogens with two attached hydrogens (primary N) is 1. The monoisotopic (exact) mass is 205 g/mol. The smallest absolute Gasteiger partial charge is 0.0453 e. The van der Waals surface area contributed by atoms with Gasteiger partial charge in [0.05, 0.1) is 0 Å². The summed E-state index contributed by atoms with van der Waals surface area (Å²) >= 11 is 3.57. The summed E-state index contributed by atoms with van der Waals surface area (Å²) in [4.78, 5) is 1.28. The van der Waals surface area contributed by atoms with Gasteiger partial charge in [0.25, 0.3) is 0 Å². The molecular weight excluding hydrogens is 198 g/mol. The predicted octanol–water partition coefficient (Wildman–Crippen LogP) is 2.84. The highest BCUT2D eigenvalue weighted by Crippen LogP contribution is 2.29. The summed E-state index contributed by atoms with van der Waals surface area (Å²) < 4.78 is 2.73. The molecule has 0 aliphatic carbocycles. The third-order valence-electron chi connectivity index (χ3n) is 1.39. The molecule has 60 valence electrons. The lowest BCUT2D eigenvalue weighted by molar-refractivity contribution is 1.11. The zero-order valence-corrected chi connectivity index (χ0v) is 8.19. The molecule has 0 atom stereocenters. The lowest BCUT2D eigenvalue weighted by Gasteiger charge is -1.81. The van der Waals surface area contributed by atoms with Gasteiger partial charge in [-0.15, -0.1) is 35.1 Å². The molecule has 2 rings (SSSR count). The molecule has 2 heterocycles. The van der Waals surface area contributed by atoms with Crippen LogP contribution in [0.4, 0.5) is 0 Å². The molecule has 0 spiro atoms. The van der Waals surface area contributed by atoms with E-state index >= 15 is 0 Å². The van der Waals surface area contributed by atoms with Crippen LogP contribution in [0.15, 0.2) is 17.5 Å². The number of fused-ring (bicyclic) bond motifs is 1. The molecule has 1 nitrogen and oxygen atoms in total. The van der Waals surface area contributed by atoms with E-state index in [0.717, 1.165) is 0 Å². The maximum atomic E-state index is 5.49. The lowest BCUT2D eigenvalue weighted by atomic mass is 10.4. The molecule has 0 amide bonds. The standard InChI is InChI=1S/C7H7NS2.ClH/c8-4-5-3-7-6(10-5)1-2-9-7;/h1-3H,4,8H2;1H. The van der Waals surface area contributed by atoms with E-state index in [-0.39, 0.29) is 12.4 Å².